The number of hydrogen-bond donors (Lipinski definition) is 2. The van der Waals surface area contributed by atoms with Gasteiger partial charge < -0.3 is 24.3 Å². The van der Waals surface area contributed by atoms with Gasteiger partial charge >= 0.3 is 0 Å². The second-order valence-corrected chi connectivity index (χ2v) is 7.17. The number of hydrogen-bond acceptors (Lipinski definition) is 6. The molecule has 32 heavy (non-hydrogen) atoms. The molecule has 1 amide bonds. The second-order valence-electron chi connectivity index (χ2n) is 7.17. The minimum Gasteiger partial charge on any atom is -0.490 e. The summed E-state index contributed by atoms with van der Waals surface area (Å²) < 4.78 is 22.5. The van der Waals surface area contributed by atoms with Crippen molar-refractivity contribution in [1.29, 1.82) is 0 Å². The number of fused-ring (bicyclic) bond motifs is 1. The number of nitrogens with one attached hydrogen (secondary N) is 2. The smallest absolute Gasteiger partial charge is 0.255 e. The van der Waals surface area contributed by atoms with E-state index in [9.17, 15) is 4.79 Å². The molecule has 0 aliphatic carbocycles. The van der Waals surface area contributed by atoms with Crippen molar-refractivity contribution in [2.45, 2.75) is 20.3 Å². The lowest BCUT2D eigenvalue weighted by Gasteiger charge is -2.18. The molecule has 168 valence electrons. The molecule has 0 saturated carbocycles. The maximum absolute atomic E-state index is 12.8. The lowest BCUT2D eigenvalue weighted by Crippen LogP contribution is -2.25. The fraction of sp³-hybridized carbons (Fsp3) is 0.333. The van der Waals surface area contributed by atoms with Crippen LogP contribution in [-0.4, -0.2) is 49.1 Å². The van der Waals surface area contributed by atoms with Crippen LogP contribution in [0.15, 0.2) is 42.6 Å². The minimum absolute atomic E-state index is 0.195. The van der Waals surface area contributed by atoms with E-state index in [1.807, 2.05) is 50.2 Å². The van der Waals surface area contributed by atoms with Gasteiger partial charge in [0.1, 0.15) is 13.2 Å². The van der Waals surface area contributed by atoms with Gasteiger partial charge in [0.2, 0.25) is 0 Å². The summed E-state index contributed by atoms with van der Waals surface area (Å²) in [5.74, 6) is 2.61. The lowest BCUT2D eigenvalue weighted by molar-refractivity contribution is 0.0955. The highest BCUT2D eigenvalue weighted by atomic mass is 16.6. The third kappa shape index (κ3) is 4.80. The summed E-state index contributed by atoms with van der Waals surface area (Å²) in [6.07, 6.45) is 2.20. The zero-order valence-corrected chi connectivity index (χ0v) is 18.3. The molecule has 0 fully saturated rings. The van der Waals surface area contributed by atoms with Gasteiger partial charge in [0.15, 0.2) is 23.0 Å². The predicted octanol–water partition coefficient (Wildman–Crippen LogP) is 3.62. The van der Waals surface area contributed by atoms with E-state index in [4.69, 9.17) is 18.9 Å². The van der Waals surface area contributed by atoms with Crippen LogP contribution < -0.4 is 24.3 Å². The second kappa shape index (κ2) is 10.1. The normalized spacial score (nSPS) is 12.3. The van der Waals surface area contributed by atoms with Crippen LogP contribution in [0.4, 0.5) is 0 Å². The monoisotopic (exact) mass is 437 g/mol. The number of carbonyl (C=O) groups excluding carboxylic acids is 1. The number of nitrogens with zero attached hydrogens (tertiary/aromatic N) is 1. The van der Waals surface area contributed by atoms with Crippen LogP contribution in [0, 0.1) is 0 Å². The Labute approximate surface area is 186 Å². The highest BCUT2D eigenvalue weighted by Crippen LogP contribution is 2.35. The highest BCUT2D eigenvalue weighted by molar-refractivity contribution is 5.99. The standard InChI is InChI=1S/C24H27N3O5/c1-3-29-19-7-5-16(13-21(19)30-4-2)9-10-25-24(28)18-15-26-27-23(18)17-6-8-20-22(14-17)32-12-11-31-20/h5-8,13-15H,3-4,9-12H2,1-2H3,(H,25,28)(H,26,27). The van der Waals surface area contributed by atoms with Gasteiger partial charge in [0.05, 0.1) is 30.7 Å². The molecule has 0 saturated heterocycles. The van der Waals surface area contributed by atoms with E-state index in [0.717, 1.165) is 16.9 Å². The number of aromatic nitrogens is 2. The van der Waals surface area contributed by atoms with Gasteiger partial charge in [-0.2, -0.15) is 5.10 Å². The summed E-state index contributed by atoms with van der Waals surface area (Å²) in [4.78, 5) is 12.8. The summed E-state index contributed by atoms with van der Waals surface area (Å²) in [6.45, 7) is 6.52. The Morgan fingerprint density at radius 2 is 1.81 bits per heavy atom. The SMILES string of the molecule is CCOc1ccc(CCNC(=O)c2cn[nH]c2-c2ccc3c(c2)OCCO3)cc1OCC. The molecule has 0 spiro atoms. The number of carbonyl (C=O) groups is 1. The van der Waals surface area contributed by atoms with Crippen molar-refractivity contribution in [3.05, 3.63) is 53.7 Å². The Bertz CT molecular complexity index is 1080. The maximum Gasteiger partial charge on any atom is 0.255 e. The minimum atomic E-state index is -0.195. The number of H-pyrrole nitrogens is 1. The first kappa shape index (κ1) is 21.5. The van der Waals surface area contributed by atoms with Crippen molar-refractivity contribution < 1.29 is 23.7 Å². The molecule has 3 aromatic rings. The van der Waals surface area contributed by atoms with Crippen LogP contribution in [0.1, 0.15) is 29.8 Å². The molecule has 2 heterocycles. The maximum atomic E-state index is 12.8. The largest absolute Gasteiger partial charge is 0.490 e. The van der Waals surface area contributed by atoms with E-state index in [1.165, 1.54) is 6.20 Å². The molecule has 0 unspecified atom stereocenters. The zero-order valence-electron chi connectivity index (χ0n) is 18.3. The van der Waals surface area contributed by atoms with Gasteiger partial charge in [-0.1, -0.05) is 6.07 Å². The molecule has 2 aromatic carbocycles. The molecule has 8 heteroatoms. The Morgan fingerprint density at radius 1 is 1.03 bits per heavy atom. The van der Waals surface area contributed by atoms with Crippen molar-refractivity contribution in [1.82, 2.24) is 15.5 Å². The van der Waals surface area contributed by atoms with Crippen molar-refractivity contribution >= 4 is 5.91 Å². The molecule has 2 N–H and O–H groups in total. The molecule has 1 aromatic heterocycles. The van der Waals surface area contributed by atoms with E-state index in [1.54, 1.807) is 0 Å². The number of aromatic amines is 1. The number of rotatable bonds is 9. The molecule has 4 rings (SSSR count). The molecule has 8 nitrogen and oxygen atoms in total. The average Bonchev–Trinajstić information content (AvgIpc) is 3.31. The van der Waals surface area contributed by atoms with Crippen LogP contribution >= 0.6 is 0 Å². The Kier molecular flexibility index (Phi) is 6.79. The Hall–Kier alpha value is -3.68. The van der Waals surface area contributed by atoms with Crippen molar-refractivity contribution in [3.8, 4) is 34.3 Å². The van der Waals surface area contributed by atoms with Crippen LogP contribution in [0.2, 0.25) is 0 Å². The van der Waals surface area contributed by atoms with Gasteiger partial charge in [-0.05, 0) is 56.2 Å². The molecule has 0 bridgehead atoms. The van der Waals surface area contributed by atoms with Crippen LogP contribution in [0.25, 0.3) is 11.3 Å². The zero-order chi connectivity index (χ0) is 22.3. The van der Waals surface area contributed by atoms with E-state index in [-0.39, 0.29) is 5.91 Å². The van der Waals surface area contributed by atoms with Crippen molar-refractivity contribution in [2.75, 3.05) is 33.0 Å². The average molecular weight is 437 g/mol. The summed E-state index contributed by atoms with van der Waals surface area (Å²) in [5.41, 5.74) is 2.98. The topological polar surface area (TPSA) is 94.7 Å². The van der Waals surface area contributed by atoms with Crippen LogP contribution in [-0.2, 0) is 6.42 Å². The fourth-order valence-corrected chi connectivity index (χ4v) is 3.54. The van der Waals surface area contributed by atoms with Gasteiger partial charge in [-0.15, -0.1) is 0 Å². The van der Waals surface area contributed by atoms with Crippen LogP contribution in [0.3, 0.4) is 0 Å². The fourth-order valence-electron chi connectivity index (χ4n) is 3.54. The molecule has 1 aliphatic heterocycles. The molecular formula is C24H27N3O5. The Morgan fingerprint density at radius 3 is 2.62 bits per heavy atom. The number of amides is 1. The first-order valence-electron chi connectivity index (χ1n) is 10.8. The van der Waals surface area contributed by atoms with Gasteiger partial charge in [-0.25, -0.2) is 0 Å². The summed E-state index contributed by atoms with van der Waals surface area (Å²) >= 11 is 0. The van der Waals surface area contributed by atoms with E-state index < -0.39 is 0 Å². The van der Waals surface area contributed by atoms with Gasteiger partial charge in [0, 0.05) is 12.1 Å². The Balaban J connectivity index is 1.41. The van der Waals surface area contributed by atoms with Gasteiger partial charge in [0.25, 0.3) is 5.91 Å². The van der Waals surface area contributed by atoms with Crippen molar-refractivity contribution in [2.24, 2.45) is 0 Å². The molecule has 0 atom stereocenters. The van der Waals surface area contributed by atoms with Gasteiger partial charge in [-0.3, -0.25) is 9.89 Å². The quantitative estimate of drug-likeness (QED) is 0.531. The van der Waals surface area contributed by atoms with E-state index >= 15 is 0 Å². The third-order valence-electron chi connectivity index (χ3n) is 5.02. The summed E-state index contributed by atoms with van der Waals surface area (Å²) in [7, 11) is 0. The first-order chi connectivity index (χ1) is 15.7. The number of benzene rings is 2. The first-order valence-corrected chi connectivity index (χ1v) is 10.8. The molecule has 0 radical (unpaired) electrons. The van der Waals surface area contributed by atoms with Crippen molar-refractivity contribution in [3.63, 3.8) is 0 Å². The lowest BCUT2D eigenvalue weighted by atomic mass is 10.1. The molecular weight excluding hydrogens is 410 g/mol. The third-order valence-corrected chi connectivity index (χ3v) is 5.02. The molecule has 1 aliphatic rings. The summed E-state index contributed by atoms with van der Waals surface area (Å²) in [6, 6.07) is 11.4. The van der Waals surface area contributed by atoms with E-state index in [2.05, 4.69) is 15.5 Å². The number of ether oxygens (including phenoxy) is 4. The summed E-state index contributed by atoms with van der Waals surface area (Å²) in [5, 5.41) is 9.96. The predicted molar refractivity (Wildman–Crippen MR) is 120 cm³/mol. The van der Waals surface area contributed by atoms with Crippen LogP contribution in [0.5, 0.6) is 23.0 Å². The van der Waals surface area contributed by atoms with E-state index in [0.29, 0.717) is 67.9 Å². The highest BCUT2D eigenvalue weighted by Gasteiger charge is 2.18.